The van der Waals surface area contributed by atoms with E-state index in [1.807, 2.05) is 0 Å². The lowest BCUT2D eigenvalue weighted by Gasteiger charge is -2.32. The van der Waals surface area contributed by atoms with Crippen molar-refractivity contribution in [1.29, 1.82) is 0 Å². The topological polar surface area (TPSA) is 61.0 Å². The van der Waals surface area contributed by atoms with E-state index in [1.54, 1.807) is 6.20 Å². The van der Waals surface area contributed by atoms with Crippen molar-refractivity contribution in [3.05, 3.63) is 23.2 Å². The zero-order chi connectivity index (χ0) is 10.0. The molecule has 4 nitrogen and oxygen atoms in total. The molecule has 1 fully saturated rings. The Kier molecular flexibility index (Phi) is 2.67. The van der Waals surface area contributed by atoms with E-state index in [-0.39, 0.29) is 0 Å². The smallest absolute Gasteiger partial charge is 0.115 e. The highest BCUT2D eigenvalue weighted by Crippen LogP contribution is 2.31. The first-order valence-electron chi connectivity index (χ1n) is 4.55. The minimum Gasteiger partial charge on any atom is -0.381 e. The number of aromatic nitrogens is 2. The summed E-state index contributed by atoms with van der Waals surface area (Å²) in [4.78, 5) is 7.99. The molecule has 5 heteroatoms. The van der Waals surface area contributed by atoms with Crippen LogP contribution in [0.2, 0.25) is 5.02 Å². The fourth-order valence-electron chi connectivity index (χ4n) is 1.65. The molecule has 2 rings (SSSR count). The molecular weight excluding hydrogens is 202 g/mol. The maximum absolute atomic E-state index is 6.23. The van der Waals surface area contributed by atoms with Gasteiger partial charge in [0.05, 0.1) is 16.3 Å². The van der Waals surface area contributed by atoms with Crippen LogP contribution >= 0.6 is 11.6 Å². The summed E-state index contributed by atoms with van der Waals surface area (Å²) in [5.41, 5.74) is 6.51. The van der Waals surface area contributed by atoms with Crippen molar-refractivity contribution < 1.29 is 4.74 Å². The minimum atomic E-state index is -0.446. The molecule has 0 amide bonds. The molecule has 0 spiro atoms. The fraction of sp³-hybridized carbons (Fsp3) is 0.556. The summed E-state index contributed by atoms with van der Waals surface area (Å²) in [5, 5.41) is 0.539. The van der Waals surface area contributed by atoms with Crippen LogP contribution in [0, 0.1) is 0 Å². The molecule has 0 radical (unpaired) electrons. The molecular formula is C9H12ClN3O. The van der Waals surface area contributed by atoms with E-state index in [9.17, 15) is 0 Å². The first kappa shape index (κ1) is 9.83. The van der Waals surface area contributed by atoms with Crippen LogP contribution in [0.15, 0.2) is 12.5 Å². The summed E-state index contributed by atoms with van der Waals surface area (Å²) in [6.45, 7) is 1.33. The van der Waals surface area contributed by atoms with Crippen molar-refractivity contribution in [2.24, 2.45) is 5.73 Å². The second kappa shape index (κ2) is 3.81. The van der Waals surface area contributed by atoms with Crippen LogP contribution < -0.4 is 5.73 Å². The number of rotatable bonds is 1. The van der Waals surface area contributed by atoms with Crippen LogP contribution in [-0.4, -0.2) is 23.2 Å². The number of nitrogens with zero attached hydrogens (tertiary/aromatic N) is 2. The third kappa shape index (κ3) is 1.73. The normalized spacial score (nSPS) is 20.7. The maximum Gasteiger partial charge on any atom is 0.115 e. The van der Waals surface area contributed by atoms with Gasteiger partial charge in [0.2, 0.25) is 0 Å². The van der Waals surface area contributed by atoms with Crippen molar-refractivity contribution in [2.75, 3.05) is 13.2 Å². The zero-order valence-electron chi connectivity index (χ0n) is 7.74. The van der Waals surface area contributed by atoms with Crippen LogP contribution in [0.1, 0.15) is 18.5 Å². The molecule has 2 heterocycles. The number of nitrogens with two attached hydrogens (primary N) is 1. The van der Waals surface area contributed by atoms with Crippen molar-refractivity contribution in [3.63, 3.8) is 0 Å². The first-order chi connectivity index (χ1) is 6.72. The van der Waals surface area contributed by atoms with Gasteiger partial charge in [-0.1, -0.05) is 11.6 Å². The van der Waals surface area contributed by atoms with Crippen LogP contribution in [0.4, 0.5) is 0 Å². The Hall–Kier alpha value is -0.710. The zero-order valence-corrected chi connectivity index (χ0v) is 8.50. The molecule has 1 aromatic rings. The third-order valence-electron chi connectivity index (χ3n) is 2.52. The van der Waals surface area contributed by atoms with Gasteiger partial charge in [-0.2, -0.15) is 0 Å². The maximum atomic E-state index is 6.23. The van der Waals surface area contributed by atoms with Gasteiger partial charge in [-0.05, 0) is 12.8 Å². The molecule has 0 saturated carbocycles. The Bertz CT molecular complexity index is 326. The summed E-state index contributed by atoms with van der Waals surface area (Å²) in [6.07, 6.45) is 4.56. The van der Waals surface area contributed by atoms with Crippen LogP contribution in [0.25, 0.3) is 0 Å². The molecule has 0 aliphatic carbocycles. The van der Waals surface area contributed by atoms with Gasteiger partial charge in [-0.25, -0.2) is 9.97 Å². The van der Waals surface area contributed by atoms with Gasteiger partial charge in [0, 0.05) is 19.4 Å². The van der Waals surface area contributed by atoms with Crippen molar-refractivity contribution >= 4 is 11.6 Å². The van der Waals surface area contributed by atoms with Gasteiger partial charge in [0.1, 0.15) is 6.33 Å². The standard InChI is InChI=1S/C9H12ClN3O/c10-7-5-12-6-13-8(7)9(11)1-3-14-4-2-9/h5-6H,1-4,11H2. The van der Waals surface area contributed by atoms with E-state index in [2.05, 4.69) is 9.97 Å². The van der Waals surface area contributed by atoms with Gasteiger partial charge in [-0.15, -0.1) is 0 Å². The van der Waals surface area contributed by atoms with Gasteiger partial charge < -0.3 is 10.5 Å². The van der Waals surface area contributed by atoms with E-state index in [0.29, 0.717) is 18.2 Å². The summed E-state index contributed by atoms with van der Waals surface area (Å²) in [7, 11) is 0. The van der Waals surface area contributed by atoms with E-state index < -0.39 is 5.54 Å². The molecule has 76 valence electrons. The number of halogens is 1. The quantitative estimate of drug-likeness (QED) is 0.759. The Labute approximate surface area is 87.4 Å². The van der Waals surface area contributed by atoms with Gasteiger partial charge in [-0.3, -0.25) is 0 Å². The SMILES string of the molecule is NC1(c2ncncc2Cl)CCOCC1. The Morgan fingerprint density at radius 2 is 2.14 bits per heavy atom. The largest absolute Gasteiger partial charge is 0.381 e. The number of ether oxygens (including phenoxy) is 1. The predicted molar refractivity (Wildman–Crippen MR) is 53.0 cm³/mol. The molecule has 14 heavy (non-hydrogen) atoms. The Morgan fingerprint density at radius 3 is 2.79 bits per heavy atom. The van der Waals surface area contributed by atoms with Crippen molar-refractivity contribution in [3.8, 4) is 0 Å². The molecule has 2 N–H and O–H groups in total. The molecule has 0 unspecified atom stereocenters. The van der Waals surface area contributed by atoms with Crippen molar-refractivity contribution in [1.82, 2.24) is 9.97 Å². The molecule has 1 aliphatic rings. The monoisotopic (exact) mass is 213 g/mol. The summed E-state index contributed by atoms with van der Waals surface area (Å²) >= 11 is 6.00. The second-order valence-electron chi connectivity index (χ2n) is 3.49. The molecule has 1 saturated heterocycles. The molecule has 0 bridgehead atoms. The lowest BCUT2D eigenvalue weighted by molar-refractivity contribution is 0.0508. The van der Waals surface area contributed by atoms with Gasteiger partial charge >= 0.3 is 0 Å². The van der Waals surface area contributed by atoms with E-state index in [0.717, 1.165) is 18.5 Å². The fourth-order valence-corrected chi connectivity index (χ4v) is 1.94. The lowest BCUT2D eigenvalue weighted by Crippen LogP contribution is -2.43. The average molecular weight is 214 g/mol. The van der Waals surface area contributed by atoms with Crippen LogP contribution in [0.5, 0.6) is 0 Å². The molecule has 1 aromatic heterocycles. The predicted octanol–water partition coefficient (Wildman–Crippen LogP) is 1.09. The highest BCUT2D eigenvalue weighted by molar-refractivity contribution is 6.31. The van der Waals surface area contributed by atoms with Gasteiger partial charge in [0.25, 0.3) is 0 Å². The van der Waals surface area contributed by atoms with Crippen LogP contribution in [0.3, 0.4) is 0 Å². The Balaban J connectivity index is 2.32. The lowest BCUT2D eigenvalue weighted by atomic mass is 9.87. The number of hydrogen-bond acceptors (Lipinski definition) is 4. The second-order valence-corrected chi connectivity index (χ2v) is 3.89. The molecule has 0 aromatic carbocycles. The Morgan fingerprint density at radius 1 is 1.43 bits per heavy atom. The highest BCUT2D eigenvalue weighted by atomic mass is 35.5. The molecule has 1 aliphatic heterocycles. The van der Waals surface area contributed by atoms with Crippen molar-refractivity contribution in [2.45, 2.75) is 18.4 Å². The summed E-state index contributed by atoms with van der Waals surface area (Å²) in [5.74, 6) is 0. The van der Waals surface area contributed by atoms with E-state index in [4.69, 9.17) is 22.1 Å². The third-order valence-corrected chi connectivity index (χ3v) is 2.80. The summed E-state index contributed by atoms with van der Waals surface area (Å²) in [6, 6.07) is 0. The van der Waals surface area contributed by atoms with Crippen LogP contribution in [-0.2, 0) is 10.3 Å². The molecule has 0 atom stereocenters. The summed E-state index contributed by atoms with van der Waals surface area (Å²) < 4.78 is 5.26. The first-order valence-corrected chi connectivity index (χ1v) is 4.93. The van der Waals surface area contributed by atoms with Gasteiger partial charge in [0.15, 0.2) is 0 Å². The number of hydrogen-bond donors (Lipinski definition) is 1. The van der Waals surface area contributed by atoms with E-state index >= 15 is 0 Å². The average Bonchev–Trinajstić information content (AvgIpc) is 2.19. The minimum absolute atomic E-state index is 0.446. The highest BCUT2D eigenvalue weighted by Gasteiger charge is 2.33. The van der Waals surface area contributed by atoms with E-state index in [1.165, 1.54) is 6.33 Å².